The predicted molar refractivity (Wildman–Crippen MR) is 41.6 cm³/mol. The molecule has 2 rings (SSSR count). The fourth-order valence-corrected chi connectivity index (χ4v) is 1.03. The largest absolute Gasteiger partial charge is 0.478 e. The van der Waals surface area contributed by atoms with E-state index in [0.29, 0.717) is 0 Å². The Hall–Kier alpha value is -2.11. The van der Waals surface area contributed by atoms with Gasteiger partial charge in [0.2, 0.25) is 5.71 Å². The van der Waals surface area contributed by atoms with Gasteiger partial charge in [-0.2, -0.15) is 0 Å². The first-order valence-corrected chi connectivity index (χ1v) is 3.39. The van der Waals surface area contributed by atoms with Gasteiger partial charge in [0.05, 0.1) is 5.56 Å². The molecule has 0 fully saturated rings. The number of rotatable bonds is 1. The number of carboxylic acid groups (broad SMARTS) is 1. The van der Waals surface area contributed by atoms with Gasteiger partial charge in [-0.1, -0.05) is 0 Å². The lowest BCUT2D eigenvalue weighted by Crippen LogP contribution is -1.99. The lowest BCUT2D eigenvalue weighted by atomic mass is 10.2. The minimum Gasteiger partial charge on any atom is -0.478 e. The number of aromatic amines is 1. The first-order chi connectivity index (χ1) is 6.18. The third-order valence-corrected chi connectivity index (χ3v) is 1.56. The standard InChI is InChI=1S/C7H4N2O4/c10-6(11)3-1-2-8-5-4(3)9-7(12)13-5/h1-2H,(H,9,12)(H,10,11). The van der Waals surface area contributed by atoms with Gasteiger partial charge in [0, 0.05) is 6.20 Å². The molecular weight excluding hydrogens is 176 g/mol. The highest BCUT2D eigenvalue weighted by atomic mass is 16.4. The maximum absolute atomic E-state index is 10.7. The molecule has 0 amide bonds. The zero-order valence-corrected chi connectivity index (χ0v) is 6.27. The van der Waals surface area contributed by atoms with E-state index in [9.17, 15) is 9.59 Å². The normalized spacial score (nSPS) is 10.5. The van der Waals surface area contributed by atoms with Crippen LogP contribution in [0.1, 0.15) is 10.4 Å². The van der Waals surface area contributed by atoms with Gasteiger partial charge in [0.15, 0.2) is 0 Å². The van der Waals surface area contributed by atoms with Crippen LogP contribution in [-0.4, -0.2) is 21.0 Å². The van der Waals surface area contributed by atoms with Crippen LogP contribution in [0.3, 0.4) is 0 Å². The number of hydrogen-bond donors (Lipinski definition) is 2. The molecule has 0 aliphatic rings. The minimum absolute atomic E-state index is 0.00454. The van der Waals surface area contributed by atoms with Crippen LogP contribution in [0.4, 0.5) is 0 Å². The number of aromatic nitrogens is 2. The molecule has 0 radical (unpaired) electrons. The van der Waals surface area contributed by atoms with Crippen LogP contribution in [0.5, 0.6) is 0 Å². The van der Waals surface area contributed by atoms with Crippen molar-refractivity contribution < 1.29 is 14.3 Å². The van der Waals surface area contributed by atoms with Crippen LogP contribution in [0.15, 0.2) is 21.5 Å². The van der Waals surface area contributed by atoms with E-state index in [1.54, 1.807) is 0 Å². The Labute approximate surface area is 70.8 Å². The Morgan fingerprint density at radius 3 is 3.08 bits per heavy atom. The molecule has 2 N–H and O–H groups in total. The summed E-state index contributed by atoms with van der Waals surface area (Å²) in [6.45, 7) is 0. The van der Waals surface area contributed by atoms with Gasteiger partial charge < -0.3 is 9.52 Å². The fraction of sp³-hybridized carbons (Fsp3) is 0. The van der Waals surface area contributed by atoms with E-state index in [-0.39, 0.29) is 16.8 Å². The molecule has 2 aromatic rings. The highest BCUT2D eigenvalue weighted by Gasteiger charge is 2.12. The molecule has 0 saturated carbocycles. The molecule has 0 bridgehead atoms. The summed E-state index contributed by atoms with van der Waals surface area (Å²) in [5.41, 5.74) is 0.0840. The lowest BCUT2D eigenvalue weighted by Gasteiger charge is -1.92. The van der Waals surface area contributed by atoms with Crippen molar-refractivity contribution >= 4 is 17.2 Å². The topological polar surface area (TPSA) is 96.2 Å². The SMILES string of the molecule is O=C(O)c1ccnc2oc(=O)[nH]c12. The number of pyridine rings is 1. The van der Waals surface area contributed by atoms with E-state index in [0.717, 1.165) is 0 Å². The van der Waals surface area contributed by atoms with Crippen molar-refractivity contribution in [1.82, 2.24) is 9.97 Å². The van der Waals surface area contributed by atoms with Crippen LogP contribution < -0.4 is 5.76 Å². The third kappa shape index (κ3) is 1.08. The predicted octanol–water partition coefficient (Wildman–Crippen LogP) is 0.214. The van der Waals surface area contributed by atoms with Gasteiger partial charge in [0.1, 0.15) is 5.52 Å². The van der Waals surface area contributed by atoms with E-state index in [4.69, 9.17) is 5.11 Å². The van der Waals surface area contributed by atoms with Crippen molar-refractivity contribution in [2.75, 3.05) is 0 Å². The van der Waals surface area contributed by atoms with Crippen molar-refractivity contribution in [2.45, 2.75) is 0 Å². The Balaban J connectivity index is 2.90. The van der Waals surface area contributed by atoms with E-state index in [2.05, 4.69) is 14.4 Å². The number of carbonyl (C=O) groups is 1. The Morgan fingerprint density at radius 1 is 1.62 bits per heavy atom. The summed E-state index contributed by atoms with van der Waals surface area (Å²) in [7, 11) is 0. The molecule has 0 aromatic carbocycles. The number of oxazole rings is 1. The summed E-state index contributed by atoms with van der Waals surface area (Å²) in [4.78, 5) is 27.3. The maximum Gasteiger partial charge on any atom is 0.418 e. The number of nitrogens with one attached hydrogen (secondary N) is 1. The molecule has 0 aliphatic heterocycles. The van der Waals surface area contributed by atoms with Crippen LogP contribution in [-0.2, 0) is 0 Å². The summed E-state index contributed by atoms with van der Waals surface area (Å²) in [5.74, 6) is -1.85. The second kappa shape index (κ2) is 2.44. The number of aromatic carboxylic acids is 1. The van der Waals surface area contributed by atoms with Gasteiger partial charge in [0.25, 0.3) is 0 Å². The zero-order chi connectivity index (χ0) is 9.42. The molecule has 0 spiro atoms. The van der Waals surface area contributed by atoms with E-state index in [1.165, 1.54) is 12.3 Å². The first kappa shape index (κ1) is 7.53. The van der Waals surface area contributed by atoms with Crippen molar-refractivity contribution in [1.29, 1.82) is 0 Å². The number of hydrogen-bond acceptors (Lipinski definition) is 4. The number of H-pyrrole nitrogens is 1. The number of carboxylic acids is 1. The lowest BCUT2D eigenvalue weighted by molar-refractivity contribution is 0.0698. The van der Waals surface area contributed by atoms with Crippen molar-refractivity contribution in [3.63, 3.8) is 0 Å². The average Bonchev–Trinajstić information content (AvgIpc) is 2.43. The van der Waals surface area contributed by atoms with Gasteiger partial charge in [-0.25, -0.2) is 14.6 Å². The number of fused-ring (bicyclic) bond motifs is 1. The Kier molecular flexibility index (Phi) is 1.42. The monoisotopic (exact) mass is 180 g/mol. The summed E-state index contributed by atoms with van der Waals surface area (Å²) >= 11 is 0. The number of nitrogens with zero attached hydrogens (tertiary/aromatic N) is 1. The van der Waals surface area contributed by atoms with E-state index >= 15 is 0 Å². The average molecular weight is 180 g/mol. The first-order valence-electron chi connectivity index (χ1n) is 3.39. The molecule has 2 heterocycles. The Bertz CT molecular complexity index is 525. The summed E-state index contributed by atoms with van der Waals surface area (Å²) in [6.07, 6.45) is 1.27. The van der Waals surface area contributed by atoms with Crippen LogP contribution in [0.25, 0.3) is 11.2 Å². The second-order valence-corrected chi connectivity index (χ2v) is 2.36. The molecule has 0 aliphatic carbocycles. The summed E-state index contributed by atoms with van der Waals surface area (Å²) in [5, 5.41) is 8.70. The van der Waals surface area contributed by atoms with Crippen molar-refractivity contribution in [3.05, 3.63) is 28.4 Å². The van der Waals surface area contributed by atoms with E-state index in [1.807, 2.05) is 0 Å². The van der Waals surface area contributed by atoms with Crippen LogP contribution >= 0.6 is 0 Å². The molecule has 66 valence electrons. The highest BCUT2D eigenvalue weighted by Crippen LogP contribution is 2.11. The molecule has 13 heavy (non-hydrogen) atoms. The maximum atomic E-state index is 10.7. The molecule has 6 heteroatoms. The van der Waals surface area contributed by atoms with Crippen LogP contribution in [0.2, 0.25) is 0 Å². The second-order valence-electron chi connectivity index (χ2n) is 2.36. The smallest absolute Gasteiger partial charge is 0.418 e. The fourth-order valence-electron chi connectivity index (χ4n) is 1.03. The van der Waals surface area contributed by atoms with Crippen LogP contribution in [0, 0.1) is 0 Å². The summed E-state index contributed by atoms with van der Waals surface area (Å²) in [6, 6.07) is 1.29. The van der Waals surface area contributed by atoms with Crippen molar-refractivity contribution in [2.24, 2.45) is 0 Å². The quantitative estimate of drug-likeness (QED) is 0.654. The van der Waals surface area contributed by atoms with E-state index < -0.39 is 11.7 Å². The van der Waals surface area contributed by atoms with Gasteiger partial charge in [-0.05, 0) is 6.07 Å². The van der Waals surface area contributed by atoms with Gasteiger partial charge in [-0.15, -0.1) is 0 Å². The zero-order valence-electron chi connectivity index (χ0n) is 6.27. The molecule has 2 aromatic heterocycles. The summed E-state index contributed by atoms with van der Waals surface area (Å²) < 4.78 is 4.57. The third-order valence-electron chi connectivity index (χ3n) is 1.56. The molecule has 0 atom stereocenters. The molecular formula is C7H4N2O4. The minimum atomic E-state index is -1.13. The molecule has 0 unspecified atom stereocenters. The Morgan fingerprint density at radius 2 is 2.38 bits per heavy atom. The van der Waals surface area contributed by atoms with Gasteiger partial charge in [-0.3, -0.25) is 4.98 Å². The van der Waals surface area contributed by atoms with Gasteiger partial charge >= 0.3 is 11.7 Å². The molecule has 6 nitrogen and oxygen atoms in total. The molecule has 0 saturated heterocycles. The highest BCUT2D eigenvalue weighted by molar-refractivity contribution is 5.99. The van der Waals surface area contributed by atoms with Crippen molar-refractivity contribution in [3.8, 4) is 0 Å².